The molecule has 0 aromatic rings. The van der Waals surface area contributed by atoms with E-state index in [0.717, 1.165) is 0 Å². The van der Waals surface area contributed by atoms with Gasteiger partial charge in [-0.05, 0) is 35.5 Å². The van der Waals surface area contributed by atoms with Crippen LogP contribution in [0.2, 0.25) is 0 Å². The second kappa shape index (κ2) is 2.22. The Bertz CT molecular complexity index is 509. The molecule has 6 rings (SSSR count). The van der Waals surface area contributed by atoms with Gasteiger partial charge in [0.25, 0.3) is 5.91 Å². The summed E-state index contributed by atoms with van der Waals surface area (Å²) in [5, 5.41) is 1.34. The second-order valence-corrected chi connectivity index (χ2v) is 6.50. The number of hydrogen-bond donors (Lipinski definition) is 0. The monoisotopic (exact) mass is 249 g/mol. The van der Waals surface area contributed by atoms with Crippen LogP contribution in [-0.2, 0) is 19.2 Å². The number of rotatable bonds is 3. The number of carbonyl (C=O) groups excluding carboxylic acids is 2. The van der Waals surface area contributed by atoms with Crippen LogP contribution in [0.15, 0.2) is 0 Å². The molecule has 5 heteroatoms. The first-order chi connectivity index (χ1) is 8.61. The summed E-state index contributed by atoms with van der Waals surface area (Å²) in [5.41, 5.74) is -0.508. The summed E-state index contributed by atoms with van der Waals surface area (Å²) in [6.07, 6.45) is 0. The van der Waals surface area contributed by atoms with Gasteiger partial charge in [-0.3, -0.25) is 14.4 Å². The average Bonchev–Trinajstić information content (AvgIpc) is 2.43. The molecule has 0 saturated heterocycles. The van der Waals surface area contributed by atoms with Crippen LogP contribution in [0, 0.1) is 46.3 Å². The third kappa shape index (κ3) is 0.462. The Labute approximate surface area is 104 Å². The Morgan fingerprint density at radius 1 is 1.06 bits per heavy atom. The molecule has 0 aromatic carbocycles. The van der Waals surface area contributed by atoms with Crippen LogP contribution in [0.3, 0.4) is 0 Å². The summed E-state index contributed by atoms with van der Waals surface area (Å²) in [6, 6.07) is 0. The molecule has 6 fully saturated rings. The molecule has 1 amide bonds. The minimum atomic E-state index is -0.261. The second-order valence-electron chi connectivity index (χ2n) is 6.50. The molecule has 0 spiro atoms. The molecule has 96 valence electrons. The summed E-state index contributed by atoms with van der Waals surface area (Å²) in [6.45, 7) is 0. The van der Waals surface area contributed by atoms with Crippen LogP contribution in [0.25, 0.3) is 0 Å². The van der Waals surface area contributed by atoms with Gasteiger partial charge in [-0.1, -0.05) is 0 Å². The maximum Gasteiger partial charge on any atom is 0.312 e. The molecule has 0 N–H and O–H groups in total. The van der Waals surface area contributed by atoms with Gasteiger partial charge in [0.15, 0.2) is 0 Å². The fourth-order valence-corrected chi connectivity index (χ4v) is 6.96. The van der Waals surface area contributed by atoms with Gasteiger partial charge >= 0.3 is 5.97 Å². The van der Waals surface area contributed by atoms with Crippen LogP contribution in [0.5, 0.6) is 0 Å². The van der Waals surface area contributed by atoms with E-state index in [2.05, 4.69) is 0 Å². The Kier molecular flexibility index (Phi) is 1.20. The molecular formula is C13H15NO4. The highest BCUT2D eigenvalue weighted by Crippen LogP contribution is 3.10. The highest BCUT2D eigenvalue weighted by molar-refractivity contribution is 5.99. The minimum Gasteiger partial charge on any atom is -0.469 e. The molecule has 0 bridgehead atoms. The van der Waals surface area contributed by atoms with Gasteiger partial charge < -0.3 is 4.74 Å². The van der Waals surface area contributed by atoms with E-state index in [1.165, 1.54) is 19.3 Å². The molecule has 6 aliphatic rings. The Morgan fingerprint density at radius 3 is 2.11 bits per heavy atom. The fraction of sp³-hybridized carbons (Fsp3) is 0.846. The van der Waals surface area contributed by atoms with Gasteiger partial charge in [0, 0.05) is 7.05 Å². The maximum atomic E-state index is 12.5. The largest absolute Gasteiger partial charge is 0.469 e. The van der Waals surface area contributed by atoms with Crippen LogP contribution >= 0.6 is 0 Å². The maximum absolute atomic E-state index is 12.5. The number of carbonyl (C=O) groups is 2. The first-order valence-corrected chi connectivity index (χ1v) is 6.51. The lowest BCUT2D eigenvalue weighted by Crippen LogP contribution is -3.12. The van der Waals surface area contributed by atoms with Crippen LogP contribution < -0.4 is 0 Å². The van der Waals surface area contributed by atoms with E-state index in [1.54, 1.807) is 7.05 Å². The predicted molar refractivity (Wildman–Crippen MR) is 57.6 cm³/mol. The number of methoxy groups -OCH3 is 1. The van der Waals surface area contributed by atoms with Crippen molar-refractivity contribution in [2.45, 2.75) is 0 Å². The van der Waals surface area contributed by atoms with Crippen molar-refractivity contribution < 1.29 is 19.2 Å². The molecular weight excluding hydrogens is 234 g/mol. The Balaban J connectivity index is 1.53. The van der Waals surface area contributed by atoms with Crippen molar-refractivity contribution in [1.29, 1.82) is 0 Å². The molecule has 0 radical (unpaired) electrons. The molecule has 18 heavy (non-hydrogen) atoms. The lowest BCUT2D eigenvalue weighted by Gasteiger charge is -3.09. The van der Waals surface area contributed by atoms with Crippen LogP contribution in [0.4, 0.5) is 0 Å². The van der Waals surface area contributed by atoms with E-state index in [-0.39, 0.29) is 34.5 Å². The van der Waals surface area contributed by atoms with Crippen molar-refractivity contribution in [3.63, 3.8) is 0 Å². The minimum absolute atomic E-state index is 0.0726. The summed E-state index contributed by atoms with van der Waals surface area (Å²) < 4.78 is 4.98. The number of hydroxylamine groups is 2. The summed E-state index contributed by atoms with van der Waals surface area (Å²) in [4.78, 5) is 29.5. The molecule has 4 atom stereocenters. The molecule has 6 aliphatic carbocycles. The number of esters is 1. The van der Waals surface area contributed by atoms with Crippen molar-refractivity contribution in [3.05, 3.63) is 0 Å². The fourth-order valence-electron chi connectivity index (χ4n) is 6.96. The number of nitrogens with zero attached hydrogens (tertiary/aromatic N) is 1. The van der Waals surface area contributed by atoms with E-state index < -0.39 is 0 Å². The van der Waals surface area contributed by atoms with Gasteiger partial charge in [0.05, 0.1) is 25.0 Å². The molecule has 0 aromatic heterocycles. The summed E-state index contributed by atoms with van der Waals surface area (Å²) in [7, 11) is 4.63. The first kappa shape index (κ1) is 9.78. The SMILES string of the molecule is COC(=O)C12C3C4C5C3C1C5(C(=O)N(C)OC)C42. The molecule has 4 unspecified atom stereocenters. The highest BCUT2D eigenvalue weighted by Gasteiger charge is 3.13. The molecule has 0 aliphatic heterocycles. The number of amides is 1. The smallest absolute Gasteiger partial charge is 0.312 e. The van der Waals surface area contributed by atoms with Gasteiger partial charge in [-0.15, -0.1) is 0 Å². The Morgan fingerprint density at radius 2 is 1.61 bits per heavy atom. The lowest BCUT2D eigenvalue weighted by molar-refractivity contribution is -0.629. The highest BCUT2D eigenvalue weighted by atomic mass is 16.7. The van der Waals surface area contributed by atoms with Crippen molar-refractivity contribution in [3.8, 4) is 0 Å². The number of hydrogen-bond acceptors (Lipinski definition) is 4. The van der Waals surface area contributed by atoms with Gasteiger partial charge in [0.2, 0.25) is 0 Å². The lowest BCUT2D eigenvalue weighted by atomic mass is 8.92. The zero-order valence-electron chi connectivity index (χ0n) is 10.5. The van der Waals surface area contributed by atoms with Crippen molar-refractivity contribution >= 4 is 11.9 Å². The van der Waals surface area contributed by atoms with E-state index in [4.69, 9.17) is 9.57 Å². The quantitative estimate of drug-likeness (QED) is 0.518. The zero-order chi connectivity index (χ0) is 12.6. The third-order valence-electron chi connectivity index (χ3n) is 7.06. The van der Waals surface area contributed by atoms with Crippen molar-refractivity contribution in [2.75, 3.05) is 21.3 Å². The van der Waals surface area contributed by atoms with Gasteiger partial charge in [0.1, 0.15) is 0 Å². The topological polar surface area (TPSA) is 55.8 Å². The first-order valence-electron chi connectivity index (χ1n) is 6.51. The molecule has 5 nitrogen and oxygen atoms in total. The van der Waals surface area contributed by atoms with Crippen LogP contribution in [0.1, 0.15) is 0 Å². The van der Waals surface area contributed by atoms with Gasteiger partial charge in [-0.2, -0.15) is 0 Å². The molecule has 6 saturated carbocycles. The zero-order valence-corrected chi connectivity index (χ0v) is 10.5. The number of ether oxygens (including phenoxy) is 1. The predicted octanol–water partition coefficient (Wildman–Crippen LogP) is -0.0828. The standard InChI is InChI=1S/C13H15NO4/c1-14(18-3)10(15)12-6-4-7-5(6)9(12)13(7,8(4)12)11(16)17-2/h4-9H,1-3H3. The van der Waals surface area contributed by atoms with Crippen molar-refractivity contribution in [2.24, 2.45) is 46.3 Å². The van der Waals surface area contributed by atoms with E-state index in [9.17, 15) is 9.59 Å². The van der Waals surface area contributed by atoms with E-state index in [0.29, 0.717) is 23.7 Å². The van der Waals surface area contributed by atoms with E-state index >= 15 is 0 Å². The van der Waals surface area contributed by atoms with Crippen LogP contribution in [-0.4, -0.2) is 38.2 Å². The molecule has 0 heterocycles. The average molecular weight is 249 g/mol. The van der Waals surface area contributed by atoms with Gasteiger partial charge in [-0.25, -0.2) is 5.06 Å². The third-order valence-corrected chi connectivity index (χ3v) is 7.06. The van der Waals surface area contributed by atoms with Crippen molar-refractivity contribution in [1.82, 2.24) is 5.06 Å². The summed E-state index contributed by atoms with van der Waals surface area (Å²) in [5.74, 6) is 2.88. The summed E-state index contributed by atoms with van der Waals surface area (Å²) >= 11 is 0. The van der Waals surface area contributed by atoms with E-state index in [1.807, 2.05) is 0 Å². The normalized spacial score (nSPS) is 62.2. The Hall–Kier alpha value is -1.10.